The maximum Gasteiger partial charge on any atom is 0.122 e. The van der Waals surface area contributed by atoms with Crippen molar-refractivity contribution in [2.45, 2.75) is 12.5 Å². The van der Waals surface area contributed by atoms with Gasteiger partial charge < -0.3 is 15.2 Å². The Kier molecular flexibility index (Phi) is 5.59. The third kappa shape index (κ3) is 4.08. The summed E-state index contributed by atoms with van der Waals surface area (Å²) in [5.41, 5.74) is 8.53. The summed E-state index contributed by atoms with van der Waals surface area (Å²) in [4.78, 5) is 0. The Morgan fingerprint density at radius 1 is 0.950 bits per heavy atom. The highest BCUT2D eigenvalue weighted by Crippen LogP contribution is 2.23. The van der Waals surface area contributed by atoms with Gasteiger partial charge in [-0.3, -0.25) is 0 Å². The molecule has 0 radical (unpaired) electrons. The van der Waals surface area contributed by atoms with Gasteiger partial charge in [-0.2, -0.15) is 0 Å². The summed E-state index contributed by atoms with van der Waals surface area (Å²) >= 11 is 0. The topological polar surface area (TPSA) is 44.5 Å². The minimum Gasteiger partial charge on any atom is -0.491 e. The summed E-state index contributed by atoms with van der Waals surface area (Å²) in [6.07, 6.45) is 0.757. The Morgan fingerprint density at radius 3 is 2.40 bits per heavy atom. The molecule has 2 rings (SSSR count). The molecule has 0 aliphatic rings. The van der Waals surface area contributed by atoms with Crippen LogP contribution in [0.25, 0.3) is 0 Å². The molecule has 0 amide bonds. The number of rotatable bonds is 7. The first-order chi connectivity index (χ1) is 9.81. The molecule has 1 unspecified atom stereocenters. The van der Waals surface area contributed by atoms with E-state index in [0.29, 0.717) is 13.2 Å². The van der Waals surface area contributed by atoms with Gasteiger partial charge in [0.15, 0.2) is 0 Å². The number of methoxy groups -OCH3 is 1. The van der Waals surface area contributed by atoms with Crippen LogP contribution >= 0.6 is 0 Å². The van der Waals surface area contributed by atoms with Crippen molar-refractivity contribution in [3.63, 3.8) is 0 Å². The maximum absolute atomic E-state index is 6.27. The molecule has 2 aromatic rings. The summed E-state index contributed by atoms with van der Waals surface area (Å²) in [6.45, 7) is 1.13. The largest absolute Gasteiger partial charge is 0.491 e. The predicted molar refractivity (Wildman–Crippen MR) is 80.9 cm³/mol. The SMILES string of the molecule is COCCOc1ccccc1CC(N)c1ccccc1. The summed E-state index contributed by atoms with van der Waals surface area (Å²) in [7, 11) is 1.67. The highest BCUT2D eigenvalue weighted by atomic mass is 16.5. The number of para-hydroxylation sites is 1. The maximum atomic E-state index is 6.27. The monoisotopic (exact) mass is 271 g/mol. The zero-order chi connectivity index (χ0) is 14.2. The van der Waals surface area contributed by atoms with Crippen molar-refractivity contribution in [2.24, 2.45) is 5.73 Å². The van der Waals surface area contributed by atoms with Crippen molar-refractivity contribution in [1.29, 1.82) is 0 Å². The fourth-order valence-electron chi connectivity index (χ4n) is 2.10. The molecule has 0 heterocycles. The van der Waals surface area contributed by atoms with Crippen molar-refractivity contribution in [2.75, 3.05) is 20.3 Å². The van der Waals surface area contributed by atoms with Crippen LogP contribution in [0.4, 0.5) is 0 Å². The molecule has 20 heavy (non-hydrogen) atoms. The van der Waals surface area contributed by atoms with Gasteiger partial charge in [0.25, 0.3) is 0 Å². The molecule has 0 saturated heterocycles. The normalized spacial score (nSPS) is 12.1. The molecule has 0 aliphatic carbocycles. The van der Waals surface area contributed by atoms with Gasteiger partial charge in [-0.05, 0) is 23.6 Å². The van der Waals surface area contributed by atoms with Crippen molar-refractivity contribution >= 4 is 0 Å². The average molecular weight is 271 g/mol. The zero-order valence-electron chi connectivity index (χ0n) is 11.8. The third-order valence-corrected chi connectivity index (χ3v) is 3.19. The van der Waals surface area contributed by atoms with Crippen LogP contribution in [0.1, 0.15) is 17.2 Å². The lowest BCUT2D eigenvalue weighted by molar-refractivity contribution is 0.145. The second-order valence-corrected chi connectivity index (χ2v) is 4.67. The van der Waals surface area contributed by atoms with Crippen LogP contribution in [0.15, 0.2) is 54.6 Å². The average Bonchev–Trinajstić information content (AvgIpc) is 2.50. The number of benzene rings is 2. The van der Waals surface area contributed by atoms with E-state index in [1.165, 1.54) is 0 Å². The lowest BCUT2D eigenvalue weighted by Gasteiger charge is -2.15. The lowest BCUT2D eigenvalue weighted by atomic mass is 9.99. The molecule has 0 fully saturated rings. The van der Waals surface area contributed by atoms with Crippen LogP contribution in [0.5, 0.6) is 5.75 Å². The quantitative estimate of drug-likeness (QED) is 0.787. The fraction of sp³-hybridized carbons (Fsp3) is 0.294. The van der Waals surface area contributed by atoms with E-state index < -0.39 is 0 Å². The lowest BCUT2D eigenvalue weighted by Crippen LogP contribution is -2.14. The van der Waals surface area contributed by atoms with E-state index in [0.717, 1.165) is 23.3 Å². The van der Waals surface area contributed by atoms with E-state index in [1.54, 1.807) is 7.11 Å². The molecule has 1 atom stereocenters. The smallest absolute Gasteiger partial charge is 0.122 e. The molecular weight excluding hydrogens is 250 g/mol. The molecule has 2 aromatic carbocycles. The number of hydrogen-bond acceptors (Lipinski definition) is 3. The number of ether oxygens (including phenoxy) is 2. The van der Waals surface area contributed by atoms with Crippen LogP contribution in [-0.4, -0.2) is 20.3 Å². The van der Waals surface area contributed by atoms with Gasteiger partial charge in [0.1, 0.15) is 12.4 Å². The van der Waals surface area contributed by atoms with Crippen molar-refractivity contribution in [3.8, 4) is 5.75 Å². The highest BCUT2D eigenvalue weighted by Gasteiger charge is 2.10. The molecule has 0 bridgehead atoms. The summed E-state index contributed by atoms with van der Waals surface area (Å²) in [5.74, 6) is 0.885. The molecule has 3 heteroatoms. The van der Waals surface area contributed by atoms with E-state index >= 15 is 0 Å². The van der Waals surface area contributed by atoms with Gasteiger partial charge >= 0.3 is 0 Å². The van der Waals surface area contributed by atoms with E-state index in [1.807, 2.05) is 36.4 Å². The van der Waals surface area contributed by atoms with Gasteiger partial charge in [0.05, 0.1) is 6.61 Å². The minimum atomic E-state index is -0.0247. The van der Waals surface area contributed by atoms with Crippen molar-refractivity contribution in [3.05, 3.63) is 65.7 Å². The molecule has 106 valence electrons. The number of nitrogens with two attached hydrogens (primary N) is 1. The predicted octanol–water partition coefficient (Wildman–Crippen LogP) is 2.95. The van der Waals surface area contributed by atoms with Crippen molar-refractivity contribution in [1.82, 2.24) is 0 Å². The molecule has 0 spiro atoms. The van der Waals surface area contributed by atoms with E-state index in [4.69, 9.17) is 15.2 Å². The first-order valence-corrected chi connectivity index (χ1v) is 6.81. The van der Waals surface area contributed by atoms with E-state index in [2.05, 4.69) is 18.2 Å². The Hall–Kier alpha value is -1.84. The first-order valence-electron chi connectivity index (χ1n) is 6.81. The molecule has 3 nitrogen and oxygen atoms in total. The summed E-state index contributed by atoms with van der Waals surface area (Å²) < 4.78 is 10.7. The van der Waals surface area contributed by atoms with Gasteiger partial charge in [-0.25, -0.2) is 0 Å². The minimum absolute atomic E-state index is 0.0247. The summed E-state index contributed by atoms with van der Waals surface area (Å²) in [6, 6.07) is 18.1. The molecule has 0 aromatic heterocycles. The Bertz CT molecular complexity index is 513. The Labute approximate surface area is 120 Å². The fourth-order valence-corrected chi connectivity index (χ4v) is 2.10. The molecule has 0 saturated carbocycles. The van der Waals surface area contributed by atoms with E-state index in [9.17, 15) is 0 Å². The van der Waals surface area contributed by atoms with E-state index in [-0.39, 0.29) is 6.04 Å². The number of hydrogen-bond donors (Lipinski definition) is 1. The van der Waals surface area contributed by atoms with Crippen LogP contribution in [-0.2, 0) is 11.2 Å². The molecular formula is C17H21NO2. The van der Waals surface area contributed by atoms with Crippen LogP contribution in [0.2, 0.25) is 0 Å². The second-order valence-electron chi connectivity index (χ2n) is 4.67. The molecule has 2 N–H and O–H groups in total. The van der Waals surface area contributed by atoms with Gasteiger partial charge in [0, 0.05) is 13.2 Å². The van der Waals surface area contributed by atoms with Gasteiger partial charge in [-0.1, -0.05) is 48.5 Å². The second kappa shape index (κ2) is 7.68. The molecule has 0 aliphatic heterocycles. The highest BCUT2D eigenvalue weighted by molar-refractivity contribution is 5.35. The van der Waals surface area contributed by atoms with Crippen LogP contribution < -0.4 is 10.5 Å². The van der Waals surface area contributed by atoms with Gasteiger partial charge in [0.2, 0.25) is 0 Å². The summed E-state index contributed by atoms with van der Waals surface area (Å²) in [5, 5.41) is 0. The third-order valence-electron chi connectivity index (χ3n) is 3.19. The van der Waals surface area contributed by atoms with Crippen molar-refractivity contribution < 1.29 is 9.47 Å². The van der Waals surface area contributed by atoms with Crippen LogP contribution in [0, 0.1) is 0 Å². The Morgan fingerprint density at radius 2 is 1.65 bits per heavy atom. The Balaban J connectivity index is 2.05. The van der Waals surface area contributed by atoms with Crippen LogP contribution in [0.3, 0.4) is 0 Å². The zero-order valence-corrected chi connectivity index (χ0v) is 11.8. The van der Waals surface area contributed by atoms with Gasteiger partial charge in [-0.15, -0.1) is 0 Å². The first kappa shape index (κ1) is 14.6. The standard InChI is InChI=1S/C17H21NO2/c1-19-11-12-20-17-10-6-5-9-15(17)13-16(18)14-7-3-2-4-8-14/h2-10,16H,11-13,18H2,1H3.